The Morgan fingerprint density at radius 2 is 2.00 bits per heavy atom. The molecule has 1 fully saturated rings. The Kier molecular flexibility index (Phi) is 5.19. The van der Waals surface area contributed by atoms with Crippen LogP contribution in [0.25, 0.3) is 10.9 Å². The number of amides is 2. The van der Waals surface area contributed by atoms with Crippen LogP contribution in [0.1, 0.15) is 36.0 Å². The van der Waals surface area contributed by atoms with Gasteiger partial charge in [-0.2, -0.15) is 0 Å². The Hall–Kier alpha value is -3.02. The summed E-state index contributed by atoms with van der Waals surface area (Å²) < 4.78 is 5.25. The van der Waals surface area contributed by atoms with Crippen molar-refractivity contribution in [3.05, 3.63) is 60.2 Å². The molecule has 3 aromatic rings. The van der Waals surface area contributed by atoms with Gasteiger partial charge >= 0.3 is 0 Å². The lowest BCUT2D eigenvalue weighted by atomic mass is 9.84. The van der Waals surface area contributed by atoms with E-state index < -0.39 is 0 Å². The fourth-order valence-electron chi connectivity index (χ4n) is 3.92. The molecule has 28 heavy (non-hydrogen) atoms. The molecule has 2 aromatic heterocycles. The first-order chi connectivity index (χ1) is 13.6. The van der Waals surface area contributed by atoms with Gasteiger partial charge in [0.2, 0.25) is 5.91 Å². The molecule has 1 aliphatic rings. The van der Waals surface area contributed by atoms with E-state index >= 15 is 0 Å². The van der Waals surface area contributed by atoms with Gasteiger partial charge in [0, 0.05) is 29.9 Å². The topological polar surface area (TPSA) is 78.3 Å². The number of carbonyl (C=O) groups excluding carboxylic acids is 2. The van der Waals surface area contributed by atoms with Gasteiger partial charge in [-0.05, 0) is 43.0 Å². The quantitative estimate of drug-likeness (QED) is 0.711. The maximum atomic E-state index is 12.8. The molecule has 0 unspecified atom stereocenters. The molecular weight excluding hydrogens is 354 g/mol. The molecule has 2 amide bonds. The predicted molar refractivity (Wildman–Crippen MR) is 107 cm³/mol. The summed E-state index contributed by atoms with van der Waals surface area (Å²) in [6.45, 7) is 3.73. The van der Waals surface area contributed by atoms with Gasteiger partial charge in [-0.15, -0.1) is 0 Å². The summed E-state index contributed by atoms with van der Waals surface area (Å²) in [4.78, 5) is 30.3. The van der Waals surface area contributed by atoms with Crippen molar-refractivity contribution in [2.75, 3.05) is 13.1 Å². The van der Waals surface area contributed by atoms with Crippen LogP contribution in [0.2, 0.25) is 0 Å². The van der Waals surface area contributed by atoms with E-state index in [1.54, 1.807) is 6.26 Å². The van der Waals surface area contributed by atoms with Crippen LogP contribution >= 0.6 is 0 Å². The lowest BCUT2D eigenvalue weighted by Crippen LogP contribution is -2.42. The average molecular weight is 379 g/mol. The number of hydrogen-bond donors (Lipinski definition) is 2. The molecule has 1 saturated heterocycles. The highest BCUT2D eigenvalue weighted by molar-refractivity contribution is 5.98. The molecule has 0 bridgehead atoms. The molecule has 2 N–H and O–H groups in total. The SMILES string of the molecule is C[C@H](C(=O)NCc1ccco1)C1CCN(C(=O)c2cc3ccccc3[nH]2)CC1. The van der Waals surface area contributed by atoms with E-state index in [4.69, 9.17) is 4.42 Å². The number of likely N-dealkylation sites (tertiary alicyclic amines) is 1. The fraction of sp³-hybridized carbons (Fsp3) is 0.364. The molecule has 6 heteroatoms. The molecule has 0 aliphatic carbocycles. The minimum Gasteiger partial charge on any atom is -0.467 e. The molecule has 6 nitrogen and oxygen atoms in total. The van der Waals surface area contributed by atoms with Crippen molar-refractivity contribution >= 4 is 22.7 Å². The lowest BCUT2D eigenvalue weighted by Gasteiger charge is -2.34. The minimum absolute atomic E-state index is 0.0320. The second kappa shape index (κ2) is 7.92. The summed E-state index contributed by atoms with van der Waals surface area (Å²) in [5.41, 5.74) is 1.60. The van der Waals surface area contributed by atoms with Crippen LogP contribution in [-0.2, 0) is 11.3 Å². The first kappa shape index (κ1) is 18.3. The van der Waals surface area contributed by atoms with Gasteiger partial charge in [0.25, 0.3) is 5.91 Å². The molecule has 0 radical (unpaired) electrons. The number of fused-ring (bicyclic) bond motifs is 1. The highest BCUT2D eigenvalue weighted by atomic mass is 16.3. The molecule has 3 heterocycles. The van der Waals surface area contributed by atoms with Crippen LogP contribution < -0.4 is 5.32 Å². The third-order valence-corrected chi connectivity index (χ3v) is 5.72. The fourth-order valence-corrected chi connectivity index (χ4v) is 3.92. The summed E-state index contributed by atoms with van der Waals surface area (Å²) >= 11 is 0. The zero-order valence-electron chi connectivity index (χ0n) is 16.0. The second-order valence-electron chi connectivity index (χ2n) is 7.49. The summed E-state index contributed by atoms with van der Waals surface area (Å²) in [6.07, 6.45) is 3.27. The Morgan fingerprint density at radius 3 is 2.71 bits per heavy atom. The van der Waals surface area contributed by atoms with Crippen molar-refractivity contribution in [1.29, 1.82) is 0 Å². The molecule has 0 saturated carbocycles. The maximum Gasteiger partial charge on any atom is 0.270 e. The predicted octanol–water partition coefficient (Wildman–Crippen LogP) is 3.57. The van der Waals surface area contributed by atoms with Crippen LogP contribution in [0.4, 0.5) is 0 Å². The van der Waals surface area contributed by atoms with Crippen molar-refractivity contribution < 1.29 is 14.0 Å². The van der Waals surface area contributed by atoms with Crippen molar-refractivity contribution in [2.45, 2.75) is 26.3 Å². The third kappa shape index (κ3) is 3.81. The summed E-state index contributed by atoms with van der Waals surface area (Å²) in [7, 11) is 0. The lowest BCUT2D eigenvalue weighted by molar-refractivity contribution is -0.126. The Morgan fingerprint density at radius 1 is 1.21 bits per heavy atom. The number of piperidine rings is 1. The number of nitrogens with zero attached hydrogens (tertiary/aromatic N) is 1. The zero-order valence-corrected chi connectivity index (χ0v) is 16.0. The monoisotopic (exact) mass is 379 g/mol. The third-order valence-electron chi connectivity index (χ3n) is 5.72. The van der Waals surface area contributed by atoms with Gasteiger partial charge in [-0.3, -0.25) is 9.59 Å². The van der Waals surface area contributed by atoms with E-state index in [1.165, 1.54) is 0 Å². The van der Waals surface area contributed by atoms with Crippen LogP contribution in [0, 0.1) is 11.8 Å². The molecule has 0 spiro atoms. The largest absolute Gasteiger partial charge is 0.467 e. The Labute approximate surface area is 163 Å². The van der Waals surface area contributed by atoms with E-state index in [2.05, 4.69) is 10.3 Å². The van der Waals surface area contributed by atoms with Crippen LogP contribution in [0.3, 0.4) is 0 Å². The van der Waals surface area contributed by atoms with Gasteiger partial charge in [-0.1, -0.05) is 25.1 Å². The number of benzene rings is 1. The van der Waals surface area contributed by atoms with Crippen LogP contribution in [0.5, 0.6) is 0 Å². The van der Waals surface area contributed by atoms with E-state index in [0.29, 0.717) is 25.3 Å². The molecule has 1 atom stereocenters. The Balaban J connectivity index is 1.30. The highest BCUT2D eigenvalue weighted by Crippen LogP contribution is 2.26. The minimum atomic E-state index is -0.0831. The zero-order chi connectivity index (χ0) is 19.5. The number of furan rings is 1. The summed E-state index contributed by atoms with van der Waals surface area (Å²) in [6, 6.07) is 13.5. The maximum absolute atomic E-state index is 12.8. The summed E-state index contributed by atoms with van der Waals surface area (Å²) in [5, 5.41) is 3.98. The van der Waals surface area contributed by atoms with Gasteiger partial charge in [0.05, 0.1) is 12.8 Å². The number of carbonyl (C=O) groups is 2. The standard InChI is InChI=1S/C22H25N3O3/c1-15(21(26)23-14-18-6-4-12-28-18)16-8-10-25(11-9-16)22(27)20-13-17-5-2-3-7-19(17)24-20/h2-7,12-13,15-16,24H,8-11,14H2,1H3,(H,23,26)/t15-/m0/s1. The van der Waals surface area contributed by atoms with Gasteiger partial charge in [0.1, 0.15) is 11.5 Å². The number of H-pyrrole nitrogens is 1. The molecule has 146 valence electrons. The first-order valence-electron chi connectivity index (χ1n) is 9.79. The highest BCUT2D eigenvalue weighted by Gasteiger charge is 2.30. The van der Waals surface area contributed by atoms with Crippen molar-refractivity contribution in [2.24, 2.45) is 11.8 Å². The molecule has 4 rings (SSSR count). The van der Waals surface area contributed by atoms with Crippen molar-refractivity contribution in [3.63, 3.8) is 0 Å². The molecule has 1 aliphatic heterocycles. The molecular formula is C22H25N3O3. The summed E-state index contributed by atoms with van der Waals surface area (Å²) in [5.74, 6) is 1.02. The molecule has 1 aromatic carbocycles. The van der Waals surface area contributed by atoms with Crippen molar-refractivity contribution in [1.82, 2.24) is 15.2 Å². The van der Waals surface area contributed by atoms with Gasteiger partial charge < -0.3 is 19.6 Å². The van der Waals surface area contributed by atoms with E-state index in [-0.39, 0.29) is 23.7 Å². The number of para-hydroxylation sites is 1. The first-order valence-corrected chi connectivity index (χ1v) is 9.79. The number of hydrogen-bond acceptors (Lipinski definition) is 3. The van der Waals surface area contributed by atoms with E-state index in [9.17, 15) is 9.59 Å². The van der Waals surface area contributed by atoms with Crippen LogP contribution in [0.15, 0.2) is 53.1 Å². The number of aromatic amines is 1. The van der Waals surface area contributed by atoms with Crippen LogP contribution in [-0.4, -0.2) is 34.8 Å². The van der Waals surface area contributed by atoms with E-state index in [0.717, 1.165) is 29.5 Å². The second-order valence-corrected chi connectivity index (χ2v) is 7.49. The Bertz CT molecular complexity index is 919. The normalized spacial score (nSPS) is 16.2. The average Bonchev–Trinajstić information content (AvgIpc) is 3.40. The van der Waals surface area contributed by atoms with E-state index in [1.807, 2.05) is 54.3 Å². The number of nitrogens with one attached hydrogen (secondary N) is 2. The van der Waals surface area contributed by atoms with Gasteiger partial charge in [-0.25, -0.2) is 0 Å². The smallest absolute Gasteiger partial charge is 0.270 e. The number of rotatable bonds is 5. The number of aromatic nitrogens is 1. The van der Waals surface area contributed by atoms with Crippen molar-refractivity contribution in [3.8, 4) is 0 Å². The van der Waals surface area contributed by atoms with Gasteiger partial charge in [0.15, 0.2) is 0 Å².